The molecule has 0 amide bonds. The molecule has 1 aromatic rings. The summed E-state index contributed by atoms with van der Waals surface area (Å²) in [5.41, 5.74) is 4.55. The fraction of sp³-hybridized carbons (Fsp3) is 0.667. The summed E-state index contributed by atoms with van der Waals surface area (Å²) in [6.07, 6.45) is 2.38. The predicted octanol–water partition coefficient (Wildman–Crippen LogP) is 4.61. The van der Waals surface area contributed by atoms with Crippen molar-refractivity contribution in [2.75, 3.05) is 13.1 Å². The van der Waals surface area contributed by atoms with Crippen molar-refractivity contribution in [2.24, 2.45) is 5.92 Å². The van der Waals surface area contributed by atoms with Crippen molar-refractivity contribution in [1.82, 2.24) is 5.32 Å². The Balaban J connectivity index is 2.96. The molecule has 1 rings (SSSR count). The first-order valence-corrected chi connectivity index (χ1v) is 7.73. The van der Waals surface area contributed by atoms with Crippen LogP contribution in [0.25, 0.3) is 0 Å². The Bertz CT molecular complexity index is 368. The van der Waals surface area contributed by atoms with Crippen molar-refractivity contribution < 1.29 is 0 Å². The molecule has 1 N–H and O–H groups in total. The van der Waals surface area contributed by atoms with Crippen molar-refractivity contribution in [3.63, 3.8) is 0 Å². The summed E-state index contributed by atoms with van der Waals surface area (Å²) >= 11 is 0. The average Bonchev–Trinajstić information content (AvgIpc) is 2.33. The second kappa shape index (κ2) is 7.09. The zero-order valence-electron chi connectivity index (χ0n) is 13.6. The van der Waals surface area contributed by atoms with Crippen LogP contribution in [0.2, 0.25) is 0 Å². The highest BCUT2D eigenvalue weighted by Crippen LogP contribution is 2.32. The highest BCUT2D eigenvalue weighted by molar-refractivity contribution is 5.34. The Labute approximate surface area is 119 Å². The van der Waals surface area contributed by atoms with Crippen LogP contribution in [0, 0.1) is 19.8 Å². The van der Waals surface area contributed by atoms with Crippen LogP contribution in [0.4, 0.5) is 0 Å². The maximum absolute atomic E-state index is 3.67. The Kier molecular flexibility index (Phi) is 6.06. The quantitative estimate of drug-likeness (QED) is 0.756. The molecule has 1 nitrogen and oxygen atoms in total. The molecule has 0 aliphatic rings. The van der Waals surface area contributed by atoms with Crippen LogP contribution in [0.3, 0.4) is 0 Å². The lowest BCUT2D eigenvalue weighted by Gasteiger charge is -2.34. The zero-order valence-corrected chi connectivity index (χ0v) is 13.6. The van der Waals surface area contributed by atoms with Gasteiger partial charge in [-0.3, -0.25) is 0 Å². The molecule has 19 heavy (non-hydrogen) atoms. The fourth-order valence-electron chi connectivity index (χ4n) is 2.89. The van der Waals surface area contributed by atoms with Crippen LogP contribution in [0.15, 0.2) is 18.2 Å². The van der Waals surface area contributed by atoms with Gasteiger partial charge < -0.3 is 5.32 Å². The molecule has 0 saturated carbocycles. The Morgan fingerprint density at radius 2 is 1.53 bits per heavy atom. The molecule has 0 saturated heterocycles. The normalized spacial score (nSPS) is 12.2. The van der Waals surface area contributed by atoms with Crippen molar-refractivity contribution in [1.29, 1.82) is 0 Å². The van der Waals surface area contributed by atoms with E-state index in [1.54, 1.807) is 0 Å². The van der Waals surface area contributed by atoms with Gasteiger partial charge in [-0.25, -0.2) is 0 Å². The summed E-state index contributed by atoms with van der Waals surface area (Å²) in [6.45, 7) is 15.8. The Morgan fingerprint density at radius 1 is 1.00 bits per heavy atom. The van der Waals surface area contributed by atoms with Gasteiger partial charge in [-0.1, -0.05) is 57.0 Å². The van der Waals surface area contributed by atoms with E-state index in [1.807, 2.05) is 0 Å². The minimum Gasteiger partial charge on any atom is -0.316 e. The van der Waals surface area contributed by atoms with Gasteiger partial charge in [-0.15, -0.1) is 0 Å². The smallest absolute Gasteiger partial charge is 0.00727 e. The number of hydrogen-bond donors (Lipinski definition) is 1. The summed E-state index contributed by atoms with van der Waals surface area (Å²) in [6, 6.07) is 7.01. The summed E-state index contributed by atoms with van der Waals surface area (Å²) < 4.78 is 0. The van der Waals surface area contributed by atoms with E-state index >= 15 is 0 Å². The van der Waals surface area contributed by atoms with E-state index in [9.17, 15) is 0 Å². The highest BCUT2D eigenvalue weighted by atomic mass is 14.9. The molecule has 0 spiro atoms. The van der Waals surface area contributed by atoms with Gasteiger partial charge in [0.25, 0.3) is 0 Å². The first-order chi connectivity index (χ1) is 8.93. The number of rotatable bonds is 7. The van der Waals surface area contributed by atoms with Crippen LogP contribution in [-0.4, -0.2) is 13.1 Å². The van der Waals surface area contributed by atoms with Gasteiger partial charge in [0, 0.05) is 12.0 Å². The van der Waals surface area contributed by atoms with Crippen molar-refractivity contribution >= 4 is 0 Å². The third-order valence-electron chi connectivity index (χ3n) is 4.20. The van der Waals surface area contributed by atoms with E-state index in [1.165, 1.54) is 29.5 Å². The molecule has 1 aromatic carbocycles. The van der Waals surface area contributed by atoms with E-state index in [4.69, 9.17) is 0 Å². The lowest BCUT2D eigenvalue weighted by Crippen LogP contribution is -2.38. The van der Waals surface area contributed by atoms with Gasteiger partial charge >= 0.3 is 0 Å². The van der Waals surface area contributed by atoms with Gasteiger partial charge in [-0.05, 0) is 44.7 Å². The standard InChI is InChI=1S/C18H31N/c1-7-18(8-2,13-19-12-14(3)4)17-10-15(5)9-16(6)11-17/h9-11,14,19H,7-8,12-13H2,1-6H3. The Hall–Kier alpha value is -0.820. The third kappa shape index (κ3) is 4.35. The van der Waals surface area contributed by atoms with E-state index in [0.29, 0.717) is 5.92 Å². The molecule has 0 fully saturated rings. The second-order valence-electron chi connectivity index (χ2n) is 6.39. The molecule has 108 valence electrons. The topological polar surface area (TPSA) is 12.0 Å². The summed E-state index contributed by atoms with van der Waals surface area (Å²) in [5.74, 6) is 0.714. The van der Waals surface area contributed by atoms with Crippen molar-refractivity contribution in [3.05, 3.63) is 34.9 Å². The van der Waals surface area contributed by atoms with Gasteiger partial charge in [0.2, 0.25) is 0 Å². The van der Waals surface area contributed by atoms with Gasteiger partial charge in [0.1, 0.15) is 0 Å². The predicted molar refractivity (Wildman–Crippen MR) is 85.9 cm³/mol. The molecule has 0 heterocycles. The molecule has 0 unspecified atom stereocenters. The second-order valence-corrected chi connectivity index (χ2v) is 6.39. The maximum Gasteiger partial charge on any atom is 0.00727 e. The van der Waals surface area contributed by atoms with Gasteiger partial charge in [-0.2, -0.15) is 0 Å². The fourth-order valence-corrected chi connectivity index (χ4v) is 2.89. The molecule has 0 radical (unpaired) electrons. The third-order valence-corrected chi connectivity index (χ3v) is 4.20. The SMILES string of the molecule is CCC(CC)(CNCC(C)C)c1cc(C)cc(C)c1. The molecule has 1 heteroatoms. The van der Waals surface area contributed by atoms with E-state index in [2.05, 4.69) is 65.1 Å². The highest BCUT2D eigenvalue weighted by Gasteiger charge is 2.28. The minimum atomic E-state index is 0.283. The van der Waals surface area contributed by atoms with Crippen molar-refractivity contribution in [3.8, 4) is 0 Å². The molecule has 0 bridgehead atoms. The molecule has 0 aromatic heterocycles. The summed E-state index contributed by atoms with van der Waals surface area (Å²) in [5, 5.41) is 3.67. The van der Waals surface area contributed by atoms with Crippen LogP contribution in [-0.2, 0) is 5.41 Å². The summed E-state index contributed by atoms with van der Waals surface area (Å²) in [4.78, 5) is 0. The van der Waals surface area contributed by atoms with E-state index in [0.717, 1.165) is 13.1 Å². The number of hydrogen-bond acceptors (Lipinski definition) is 1. The molecule has 0 atom stereocenters. The lowest BCUT2D eigenvalue weighted by atomic mass is 9.75. The lowest BCUT2D eigenvalue weighted by molar-refractivity contribution is 0.358. The van der Waals surface area contributed by atoms with E-state index in [-0.39, 0.29) is 5.41 Å². The average molecular weight is 261 g/mol. The number of benzene rings is 1. The van der Waals surface area contributed by atoms with Crippen LogP contribution < -0.4 is 5.32 Å². The number of nitrogens with one attached hydrogen (secondary N) is 1. The van der Waals surface area contributed by atoms with Gasteiger partial charge in [0.15, 0.2) is 0 Å². The monoisotopic (exact) mass is 261 g/mol. The first kappa shape index (κ1) is 16.2. The number of aryl methyl sites for hydroxylation is 2. The maximum atomic E-state index is 3.67. The van der Waals surface area contributed by atoms with Gasteiger partial charge in [0.05, 0.1) is 0 Å². The largest absolute Gasteiger partial charge is 0.316 e. The summed E-state index contributed by atoms with van der Waals surface area (Å²) in [7, 11) is 0. The van der Waals surface area contributed by atoms with E-state index < -0.39 is 0 Å². The molecular weight excluding hydrogens is 230 g/mol. The molecule has 0 aliphatic carbocycles. The minimum absolute atomic E-state index is 0.283. The molecule has 0 aliphatic heterocycles. The first-order valence-electron chi connectivity index (χ1n) is 7.73. The molecular formula is C18H31N. The van der Waals surface area contributed by atoms with Crippen LogP contribution in [0.1, 0.15) is 57.2 Å². The Morgan fingerprint density at radius 3 is 1.95 bits per heavy atom. The van der Waals surface area contributed by atoms with Crippen LogP contribution >= 0.6 is 0 Å². The van der Waals surface area contributed by atoms with Crippen LogP contribution in [0.5, 0.6) is 0 Å². The van der Waals surface area contributed by atoms with Crippen molar-refractivity contribution in [2.45, 2.75) is 59.8 Å². The zero-order chi connectivity index (χ0) is 14.5.